The summed E-state index contributed by atoms with van der Waals surface area (Å²) in [5.74, 6) is -0.479. The molecule has 3 aromatic rings. The number of pyridine rings is 1. The first-order valence-corrected chi connectivity index (χ1v) is 7.62. The molecule has 23 heavy (non-hydrogen) atoms. The van der Waals surface area contributed by atoms with Crippen LogP contribution >= 0.6 is 0 Å². The van der Waals surface area contributed by atoms with E-state index in [9.17, 15) is 14.0 Å². The Morgan fingerprint density at radius 2 is 2.00 bits per heavy atom. The van der Waals surface area contributed by atoms with Crippen LogP contribution in [0, 0.1) is 19.7 Å². The number of rotatable bonds is 1. The summed E-state index contributed by atoms with van der Waals surface area (Å²) in [7, 11) is 0. The van der Waals surface area contributed by atoms with Crippen molar-refractivity contribution >= 4 is 11.0 Å². The zero-order chi connectivity index (χ0) is 16.3. The lowest BCUT2D eigenvalue weighted by atomic mass is 10.1. The Morgan fingerprint density at radius 1 is 1.22 bits per heavy atom. The van der Waals surface area contributed by atoms with Crippen molar-refractivity contribution in [2.75, 3.05) is 0 Å². The summed E-state index contributed by atoms with van der Waals surface area (Å²) < 4.78 is 17.4. The number of aromatic nitrogens is 3. The topological polar surface area (TPSA) is 59.8 Å². The van der Waals surface area contributed by atoms with Gasteiger partial charge in [-0.25, -0.2) is 9.18 Å². The maximum Gasteiger partial charge on any atom is 0.331 e. The van der Waals surface area contributed by atoms with E-state index in [1.165, 1.54) is 10.6 Å². The number of hydrogen-bond donors (Lipinski definition) is 1. The molecule has 1 aliphatic heterocycles. The number of hydrogen-bond acceptors (Lipinski definition) is 2. The second-order valence-electron chi connectivity index (χ2n) is 6.08. The number of fused-ring (bicyclic) bond motifs is 3. The van der Waals surface area contributed by atoms with Gasteiger partial charge in [0.25, 0.3) is 5.56 Å². The number of H-pyrrole nitrogens is 1. The number of nitrogens with one attached hydrogen (secondary N) is 1. The van der Waals surface area contributed by atoms with Crippen LogP contribution in [0.25, 0.3) is 16.7 Å². The third kappa shape index (κ3) is 1.84. The lowest BCUT2D eigenvalue weighted by Gasteiger charge is -2.10. The van der Waals surface area contributed by atoms with Crippen LogP contribution in [-0.4, -0.2) is 14.1 Å². The lowest BCUT2D eigenvalue weighted by molar-refractivity contribution is 0.616. The molecule has 0 saturated carbocycles. The van der Waals surface area contributed by atoms with Crippen molar-refractivity contribution in [2.24, 2.45) is 0 Å². The Hall–Kier alpha value is -2.63. The molecule has 0 aliphatic carbocycles. The molecule has 0 saturated heterocycles. The van der Waals surface area contributed by atoms with E-state index in [1.807, 2.05) is 0 Å². The molecule has 0 amide bonds. The molecule has 1 aromatic carbocycles. The quantitative estimate of drug-likeness (QED) is 0.748. The number of nitrogens with zero attached hydrogens (tertiary/aromatic N) is 2. The van der Waals surface area contributed by atoms with Crippen molar-refractivity contribution in [2.45, 2.75) is 33.2 Å². The molecule has 118 valence electrons. The summed E-state index contributed by atoms with van der Waals surface area (Å²) in [5.41, 5.74) is 2.83. The van der Waals surface area contributed by atoms with E-state index in [0.717, 1.165) is 24.1 Å². The molecule has 4 rings (SSSR count). The van der Waals surface area contributed by atoms with Crippen LogP contribution in [-0.2, 0) is 13.0 Å². The van der Waals surface area contributed by atoms with E-state index in [1.54, 1.807) is 30.5 Å². The monoisotopic (exact) mass is 313 g/mol. The Labute approximate surface area is 131 Å². The highest BCUT2D eigenvalue weighted by atomic mass is 19.1. The Bertz CT molecular complexity index is 1070. The van der Waals surface area contributed by atoms with Gasteiger partial charge < -0.3 is 9.55 Å². The minimum absolute atomic E-state index is 0.106. The standard InChI is InChI=1S/C17H16FN3O2/c1-9-5-6-12(11(18)8-9)21-15-10(2)16(22)20-7-3-4-13(20)14(15)19-17(21)23/h5-6,8H,3-4,7H2,1-2H3,(H,19,23). The molecule has 1 N–H and O–H groups in total. The molecule has 2 aromatic heterocycles. The van der Waals surface area contributed by atoms with Crippen LogP contribution in [0.2, 0.25) is 0 Å². The average Bonchev–Trinajstić information content (AvgIpc) is 3.10. The van der Waals surface area contributed by atoms with Gasteiger partial charge >= 0.3 is 5.69 Å². The second-order valence-corrected chi connectivity index (χ2v) is 6.08. The zero-order valence-electron chi connectivity index (χ0n) is 12.9. The molecule has 0 fully saturated rings. The zero-order valence-corrected chi connectivity index (χ0v) is 12.9. The highest BCUT2D eigenvalue weighted by molar-refractivity contribution is 5.83. The van der Waals surface area contributed by atoms with E-state index in [2.05, 4.69) is 4.98 Å². The van der Waals surface area contributed by atoms with Crippen LogP contribution < -0.4 is 11.2 Å². The first-order chi connectivity index (χ1) is 11.0. The number of halogens is 1. The molecule has 0 radical (unpaired) electrons. The van der Waals surface area contributed by atoms with E-state index < -0.39 is 11.5 Å². The van der Waals surface area contributed by atoms with E-state index in [-0.39, 0.29) is 11.2 Å². The lowest BCUT2D eigenvalue weighted by Crippen LogP contribution is -2.23. The molecule has 0 spiro atoms. The summed E-state index contributed by atoms with van der Waals surface area (Å²) in [4.78, 5) is 27.8. The van der Waals surface area contributed by atoms with Crippen molar-refractivity contribution in [1.82, 2.24) is 14.1 Å². The second kappa shape index (κ2) is 4.68. The van der Waals surface area contributed by atoms with Crippen molar-refractivity contribution < 1.29 is 4.39 Å². The minimum Gasteiger partial charge on any atom is -0.310 e. The molecule has 1 aliphatic rings. The van der Waals surface area contributed by atoms with Crippen LogP contribution in [0.3, 0.4) is 0 Å². The fourth-order valence-corrected chi connectivity index (χ4v) is 3.48. The Balaban J connectivity index is 2.17. The maximum absolute atomic E-state index is 14.4. The summed E-state index contributed by atoms with van der Waals surface area (Å²) in [6.45, 7) is 4.14. The average molecular weight is 313 g/mol. The molecule has 6 heteroatoms. The molecule has 0 atom stereocenters. The van der Waals surface area contributed by atoms with Gasteiger partial charge in [-0.3, -0.25) is 9.36 Å². The van der Waals surface area contributed by atoms with Crippen LogP contribution in [0.4, 0.5) is 4.39 Å². The minimum atomic E-state index is -0.479. The third-order valence-corrected chi connectivity index (χ3v) is 4.57. The van der Waals surface area contributed by atoms with E-state index >= 15 is 0 Å². The predicted octanol–water partition coefficient (Wildman–Crippen LogP) is 2.18. The van der Waals surface area contributed by atoms with Gasteiger partial charge in [0.15, 0.2) is 0 Å². The normalized spacial score (nSPS) is 13.7. The van der Waals surface area contributed by atoms with Crippen molar-refractivity contribution in [1.29, 1.82) is 0 Å². The maximum atomic E-state index is 14.4. The first kappa shape index (κ1) is 14.0. The van der Waals surface area contributed by atoms with Crippen molar-refractivity contribution in [3.63, 3.8) is 0 Å². The predicted molar refractivity (Wildman–Crippen MR) is 85.9 cm³/mol. The molecular weight excluding hydrogens is 297 g/mol. The molecule has 0 unspecified atom stereocenters. The highest BCUT2D eigenvalue weighted by Gasteiger charge is 2.24. The summed E-state index contributed by atoms with van der Waals surface area (Å²) >= 11 is 0. The summed E-state index contributed by atoms with van der Waals surface area (Å²) in [6, 6.07) is 4.71. The van der Waals surface area contributed by atoms with Gasteiger partial charge in [0, 0.05) is 17.8 Å². The van der Waals surface area contributed by atoms with Gasteiger partial charge in [-0.2, -0.15) is 0 Å². The van der Waals surface area contributed by atoms with Crippen LogP contribution in [0.5, 0.6) is 0 Å². The van der Waals surface area contributed by atoms with Crippen molar-refractivity contribution in [3.05, 3.63) is 61.7 Å². The number of imidazole rings is 1. The third-order valence-electron chi connectivity index (χ3n) is 4.57. The summed E-state index contributed by atoms with van der Waals surface area (Å²) in [6.07, 6.45) is 1.61. The van der Waals surface area contributed by atoms with Gasteiger partial charge in [-0.15, -0.1) is 0 Å². The van der Waals surface area contributed by atoms with Gasteiger partial charge in [-0.05, 0) is 44.4 Å². The fraction of sp³-hybridized carbons (Fsp3) is 0.294. The SMILES string of the molecule is Cc1ccc(-n2c(=O)[nH]c3c4n(c(=O)c(C)c32)CCC4)c(F)c1. The largest absolute Gasteiger partial charge is 0.331 e. The van der Waals surface area contributed by atoms with Gasteiger partial charge in [-0.1, -0.05) is 6.07 Å². The highest BCUT2D eigenvalue weighted by Crippen LogP contribution is 2.25. The molecule has 5 nitrogen and oxygen atoms in total. The number of aryl methyl sites for hydroxylation is 3. The van der Waals surface area contributed by atoms with Gasteiger partial charge in [0.2, 0.25) is 0 Å². The van der Waals surface area contributed by atoms with Crippen LogP contribution in [0.1, 0.15) is 23.2 Å². The molecule has 0 bridgehead atoms. The summed E-state index contributed by atoms with van der Waals surface area (Å²) in [5, 5.41) is 0. The van der Waals surface area contributed by atoms with Crippen molar-refractivity contribution in [3.8, 4) is 5.69 Å². The van der Waals surface area contributed by atoms with E-state index in [0.29, 0.717) is 23.1 Å². The fourth-order valence-electron chi connectivity index (χ4n) is 3.48. The molecular formula is C17H16FN3O2. The van der Waals surface area contributed by atoms with Crippen LogP contribution in [0.15, 0.2) is 27.8 Å². The number of benzene rings is 1. The number of aromatic amines is 1. The Morgan fingerprint density at radius 3 is 2.74 bits per heavy atom. The molecule has 3 heterocycles. The van der Waals surface area contributed by atoms with E-state index in [4.69, 9.17) is 0 Å². The van der Waals surface area contributed by atoms with Gasteiger partial charge in [0.05, 0.1) is 16.7 Å². The first-order valence-electron chi connectivity index (χ1n) is 7.62. The smallest absolute Gasteiger partial charge is 0.310 e. The Kier molecular flexibility index (Phi) is 2.85. The van der Waals surface area contributed by atoms with Gasteiger partial charge in [0.1, 0.15) is 5.82 Å².